The van der Waals surface area contributed by atoms with Gasteiger partial charge in [0.15, 0.2) is 0 Å². The molecule has 2 heterocycles. The summed E-state index contributed by atoms with van der Waals surface area (Å²) in [5.74, 6) is 0.937. The van der Waals surface area contributed by atoms with Gasteiger partial charge in [-0.15, -0.1) is 0 Å². The molecule has 4 heteroatoms. The average molecular weight is 251 g/mol. The monoisotopic (exact) mass is 251 g/mol. The van der Waals surface area contributed by atoms with Gasteiger partial charge in [-0.1, -0.05) is 13.8 Å². The molecule has 1 fully saturated rings. The van der Waals surface area contributed by atoms with Crippen molar-refractivity contribution in [3.8, 4) is 0 Å². The summed E-state index contributed by atoms with van der Waals surface area (Å²) in [5.41, 5.74) is 1.18. The van der Waals surface area contributed by atoms with E-state index in [1.807, 2.05) is 26.1 Å². The SMILES string of the molecule is CC.CC(C)Nc1ccc(N2CCOCC2)cn1. The third kappa shape index (κ3) is 4.53. The zero-order valence-corrected chi connectivity index (χ0v) is 11.9. The first kappa shape index (κ1) is 14.8. The molecule has 18 heavy (non-hydrogen) atoms. The van der Waals surface area contributed by atoms with Gasteiger partial charge in [-0.3, -0.25) is 0 Å². The van der Waals surface area contributed by atoms with Crippen molar-refractivity contribution in [2.45, 2.75) is 33.7 Å². The van der Waals surface area contributed by atoms with Crippen LogP contribution in [0.5, 0.6) is 0 Å². The fourth-order valence-corrected chi connectivity index (χ4v) is 1.78. The number of aromatic nitrogens is 1. The molecule has 0 unspecified atom stereocenters. The van der Waals surface area contributed by atoms with Crippen LogP contribution in [-0.2, 0) is 4.74 Å². The summed E-state index contributed by atoms with van der Waals surface area (Å²) in [5, 5.41) is 3.28. The lowest BCUT2D eigenvalue weighted by Gasteiger charge is -2.28. The molecule has 1 aromatic heterocycles. The first-order chi connectivity index (χ1) is 8.75. The van der Waals surface area contributed by atoms with E-state index in [4.69, 9.17) is 4.74 Å². The van der Waals surface area contributed by atoms with Crippen molar-refractivity contribution >= 4 is 11.5 Å². The molecular formula is C14H25N3O. The highest BCUT2D eigenvalue weighted by Crippen LogP contribution is 2.16. The van der Waals surface area contributed by atoms with E-state index in [-0.39, 0.29) is 0 Å². The minimum atomic E-state index is 0.418. The van der Waals surface area contributed by atoms with Gasteiger partial charge in [0.1, 0.15) is 5.82 Å². The molecule has 1 N–H and O–H groups in total. The molecule has 0 atom stereocenters. The first-order valence-corrected chi connectivity index (χ1v) is 6.81. The van der Waals surface area contributed by atoms with Crippen LogP contribution in [0.25, 0.3) is 0 Å². The van der Waals surface area contributed by atoms with Crippen LogP contribution in [0.2, 0.25) is 0 Å². The Kier molecular flexibility index (Phi) is 6.50. The summed E-state index contributed by atoms with van der Waals surface area (Å²) in [6.07, 6.45) is 1.93. The minimum Gasteiger partial charge on any atom is -0.378 e. The normalized spacial score (nSPS) is 15.1. The van der Waals surface area contributed by atoms with E-state index in [9.17, 15) is 0 Å². The Balaban J connectivity index is 0.000000771. The molecule has 0 spiro atoms. The predicted octanol–water partition coefficient (Wildman–Crippen LogP) is 2.76. The highest BCUT2D eigenvalue weighted by atomic mass is 16.5. The van der Waals surface area contributed by atoms with Crippen molar-refractivity contribution < 1.29 is 4.74 Å². The van der Waals surface area contributed by atoms with Gasteiger partial charge in [0.25, 0.3) is 0 Å². The number of morpholine rings is 1. The molecule has 2 rings (SSSR count). The van der Waals surface area contributed by atoms with Crippen molar-refractivity contribution in [1.82, 2.24) is 4.98 Å². The minimum absolute atomic E-state index is 0.418. The first-order valence-electron chi connectivity index (χ1n) is 6.81. The van der Waals surface area contributed by atoms with Crippen LogP contribution in [0.15, 0.2) is 18.3 Å². The van der Waals surface area contributed by atoms with Crippen LogP contribution in [0.1, 0.15) is 27.7 Å². The van der Waals surface area contributed by atoms with Gasteiger partial charge in [0, 0.05) is 19.1 Å². The fourth-order valence-electron chi connectivity index (χ4n) is 1.78. The maximum absolute atomic E-state index is 5.32. The standard InChI is InChI=1S/C12H19N3O.C2H6/c1-10(2)14-12-4-3-11(9-13-12)15-5-7-16-8-6-15;1-2/h3-4,9-10H,5-8H2,1-2H3,(H,13,14);1-2H3. The number of nitrogens with zero attached hydrogens (tertiary/aromatic N) is 2. The molecule has 0 saturated carbocycles. The zero-order chi connectivity index (χ0) is 13.4. The Morgan fingerprint density at radius 2 is 1.89 bits per heavy atom. The Labute approximate surface area is 110 Å². The van der Waals surface area contributed by atoms with Crippen LogP contribution in [0.4, 0.5) is 11.5 Å². The third-order valence-electron chi connectivity index (χ3n) is 2.56. The Morgan fingerprint density at radius 3 is 2.39 bits per heavy atom. The smallest absolute Gasteiger partial charge is 0.126 e. The fraction of sp³-hybridized carbons (Fsp3) is 0.643. The summed E-state index contributed by atoms with van der Waals surface area (Å²) in [6.45, 7) is 11.8. The van der Waals surface area contributed by atoms with Crippen LogP contribution < -0.4 is 10.2 Å². The Morgan fingerprint density at radius 1 is 1.22 bits per heavy atom. The summed E-state index contributed by atoms with van der Waals surface area (Å²) >= 11 is 0. The zero-order valence-electron chi connectivity index (χ0n) is 11.9. The van der Waals surface area contributed by atoms with Crippen LogP contribution in [-0.4, -0.2) is 37.3 Å². The molecule has 1 aliphatic heterocycles. The second kappa shape index (κ2) is 7.93. The molecule has 1 aliphatic rings. The van der Waals surface area contributed by atoms with Crippen LogP contribution >= 0.6 is 0 Å². The summed E-state index contributed by atoms with van der Waals surface area (Å²) < 4.78 is 5.32. The molecule has 0 amide bonds. The second-order valence-electron chi connectivity index (χ2n) is 4.30. The van der Waals surface area contributed by atoms with E-state index in [0.717, 1.165) is 32.1 Å². The van der Waals surface area contributed by atoms with Crippen molar-refractivity contribution in [2.75, 3.05) is 36.5 Å². The highest BCUT2D eigenvalue weighted by molar-refractivity contribution is 5.49. The number of hydrogen-bond acceptors (Lipinski definition) is 4. The molecule has 0 radical (unpaired) electrons. The van der Waals surface area contributed by atoms with Crippen molar-refractivity contribution in [3.05, 3.63) is 18.3 Å². The third-order valence-corrected chi connectivity index (χ3v) is 2.56. The number of ether oxygens (including phenoxy) is 1. The number of anilines is 2. The van der Waals surface area contributed by atoms with Gasteiger partial charge in [0.05, 0.1) is 25.1 Å². The number of nitrogens with one attached hydrogen (secondary N) is 1. The molecule has 4 nitrogen and oxygen atoms in total. The molecular weight excluding hydrogens is 226 g/mol. The summed E-state index contributed by atoms with van der Waals surface area (Å²) in [4.78, 5) is 6.70. The molecule has 0 bridgehead atoms. The van der Waals surface area contributed by atoms with Crippen molar-refractivity contribution in [1.29, 1.82) is 0 Å². The lowest BCUT2D eigenvalue weighted by molar-refractivity contribution is 0.122. The van der Waals surface area contributed by atoms with Gasteiger partial charge in [-0.2, -0.15) is 0 Å². The summed E-state index contributed by atoms with van der Waals surface area (Å²) in [6, 6.07) is 4.56. The Hall–Kier alpha value is -1.29. The van der Waals surface area contributed by atoms with Gasteiger partial charge < -0.3 is 15.0 Å². The lowest BCUT2D eigenvalue weighted by Crippen LogP contribution is -2.36. The van der Waals surface area contributed by atoms with E-state index < -0.39 is 0 Å². The molecule has 0 aliphatic carbocycles. The molecule has 0 aromatic carbocycles. The molecule has 1 saturated heterocycles. The van der Waals surface area contributed by atoms with E-state index in [1.54, 1.807) is 0 Å². The maximum atomic E-state index is 5.32. The number of rotatable bonds is 3. The van der Waals surface area contributed by atoms with E-state index in [1.165, 1.54) is 5.69 Å². The van der Waals surface area contributed by atoms with Gasteiger partial charge in [-0.05, 0) is 26.0 Å². The predicted molar refractivity (Wildman–Crippen MR) is 77.4 cm³/mol. The van der Waals surface area contributed by atoms with Crippen LogP contribution in [0, 0.1) is 0 Å². The number of hydrogen-bond donors (Lipinski definition) is 1. The van der Waals surface area contributed by atoms with Gasteiger partial charge in [-0.25, -0.2) is 4.98 Å². The topological polar surface area (TPSA) is 37.4 Å². The largest absolute Gasteiger partial charge is 0.378 e. The summed E-state index contributed by atoms with van der Waals surface area (Å²) in [7, 11) is 0. The molecule has 102 valence electrons. The van der Waals surface area contributed by atoms with Crippen molar-refractivity contribution in [3.63, 3.8) is 0 Å². The Bertz CT molecular complexity index is 318. The quantitative estimate of drug-likeness (QED) is 0.896. The lowest BCUT2D eigenvalue weighted by atomic mass is 10.3. The van der Waals surface area contributed by atoms with Gasteiger partial charge in [0.2, 0.25) is 0 Å². The van der Waals surface area contributed by atoms with E-state index >= 15 is 0 Å². The van der Waals surface area contributed by atoms with Crippen molar-refractivity contribution in [2.24, 2.45) is 0 Å². The van der Waals surface area contributed by atoms with Crippen LogP contribution in [0.3, 0.4) is 0 Å². The highest BCUT2D eigenvalue weighted by Gasteiger charge is 2.11. The maximum Gasteiger partial charge on any atom is 0.126 e. The molecule has 1 aromatic rings. The van der Waals surface area contributed by atoms with E-state index in [2.05, 4.69) is 35.1 Å². The second-order valence-corrected chi connectivity index (χ2v) is 4.30. The average Bonchev–Trinajstić information content (AvgIpc) is 2.42. The van der Waals surface area contributed by atoms with E-state index in [0.29, 0.717) is 6.04 Å². The van der Waals surface area contributed by atoms with Gasteiger partial charge >= 0.3 is 0 Å². The number of pyridine rings is 1.